The molecular weight excluding hydrogens is 238 g/mol. The van der Waals surface area contributed by atoms with Crippen LogP contribution in [0.3, 0.4) is 0 Å². The van der Waals surface area contributed by atoms with Crippen LogP contribution in [-0.4, -0.2) is 19.1 Å². The molecule has 1 aromatic rings. The van der Waals surface area contributed by atoms with Crippen molar-refractivity contribution < 1.29 is 9.53 Å². The van der Waals surface area contributed by atoms with Crippen LogP contribution in [0.5, 0.6) is 0 Å². The fourth-order valence-electron chi connectivity index (χ4n) is 2.46. The largest absolute Gasteiger partial charge is 0.379 e. The molecule has 1 aliphatic rings. The maximum Gasteiger partial charge on any atom is 0.235 e. The van der Waals surface area contributed by atoms with Crippen molar-refractivity contribution in [3.05, 3.63) is 28.8 Å². The van der Waals surface area contributed by atoms with Gasteiger partial charge in [0.25, 0.3) is 0 Å². The lowest BCUT2D eigenvalue weighted by molar-refractivity contribution is -0.151. The minimum Gasteiger partial charge on any atom is -0.379 e. The van der Waals surface area contributed by atoms with Crippen LogP contribution in [0.4, 0.5) is 5.69 Å². The summed E-state index contributed by atoms with van der Waals surface area (Å²) >= 11 is 0. The third kappa shape index (κ3) is 2.66. The fraction of sp³-hybridized carbons (Fsp3) is 0.562. The van der Waals surface area contributed by atoms with Gasteiger partial charge in [-0.2, -0.15) is 0 Å². The Morgan fingerprint density at radius 2 is 1.79 bits per heavy atom. The maximum atomic E-state index is 12.3. The number of benzene rings is 1. The van der Waals surface area contributed by atoms with E-state index in [1.807, 2.05) is 6.92 Å². The normalized spacial score (nSPS) is 16.8. The zero-order valence-electron chi connectivity index (χ0n) is 12.3. The molecule has 19 heavy (non-hydrogen) atoms. The van der Waals surface area contributed by atoms with Crippen molar-refractivity contribution in [2.75, 3.05) is 18.5 Å². The summed E-state index contributed by atoms with van der Waals surface area (Å²) in [6.45, 7) is 9.35. The summed E-state index contributed by atoms with van der Waals surface area (Å²) in [7, 11) is 0. The van der Waals surface area contributed by atoms with E-state index in [9.17, 15) is 4.79 Å². The summed E-state index contributed by atoms with van der Waals surface area (Å²) in [5, 5.41) is 3.13. The SMILES string of the molecule is CCc1cc(C)cc(CC)c1NC(=O)C1(C)COC1. The van der Waals surface area contributed by atoms with E-state index in [0.717, 1.165) is 18.5 Å². The molecule has 1 saturated heterocycles. The molecule has 0 aliphatic carbocycles. The Labute approximate surface area is 115 Å². The third-order valence-corrected chi connectivity index (χ3v) is 3.84. The van der Waals surface area contributed by atoms with Crippen molar-refractivity contribution in [2.45, 2.75) is 40.5 Å². The van der Waals surface area contributed by atoms with Crippen LogP contribution in [0.25, 0.3) is 0 Å². The summed E-state index contributed by atoms with van der Waals surface area (Å²) in [6, 6.07) is 4.32. The fourth-order valence-corrected chi connectivity index (χ4v) is 2.46. The molecule has 1 amide bonds. The molecule has 0 aromatic heterocycles. The number of ether oxygens (including phenoxy) is 1. The molecule has 0 spiro atoms. The molecule has 1 aromatic carbocycles. The zero-order chi connectivity index (χ0) is 14.0. The Kier molecular flexibility index (Phi) is 3.95. The molecule has 0 bridgehead atoms. The van der Waals surface area contributed by atoms with Crippen molar-refractivity contribution in [1.82, 2.24) is 0 Å². The molecular formula is C16H23NO2. The summed E-state index contributed by atoms with van der Waals surface area (Å²) in [6.07, 6.45) is 1.86. The summed E-state index contributed by atoms with van der Waals surface area (Å²) in [5.74, 6) is 0.0759. The van der Waals surface area contributed by atoms with E-state index in [1.165, 1.54) is 16.7 Å². The summed E-state index contributed by atoms with van der Waals surface area (Å²) in [5.41, 5.74) is 4.34. The number of hydrogen-bond acceptors (Lipinski definition) is 2. The third-order valence-electron chi connectivity index (χ3n) is 3.84. The van der Waals surface area contributed by atoms with Gasteiger partial charge in [0, 0.05) is 5.69 Å². The highest BCUT2D eigenvalue weighted by atomic mass is 16.5. The van der Waals surface area contributed by atoms with Crippen molar-refractivity contribution in [2.24, 2.45) is 5.41 Å². The molecule has 2 rings (SSSR count). The lowest BCUT2D eigenvalue weighted by Gasteiger charge is -2.36. The van der Waals surface area contributed by atoms with Crippen LogP contribution < -0.4 is 5.32 Å². The number of aryl methyl sites for hydroxylation is 3. The quantitative estimate of drug-likeness (QED) is 0.904. The molecule has 1 heterocycles. The Hall–Kier alpha value is -1.35. The number of rotatable bonds is 4. The lowest BCUT2D eigenvalue weighted by Crippen LogP contribution is -2.49. The molecule has 0 atom stereocenters. The number of hydrogen-bond donors (Lipinski definition) is 1. The van der Waals surface area contributed by atoms with Crippen molar-refractivity contribution in [1.29, 1.82) is 0 Å². The van der Waals surface area contributed by atoms with Gasteiger partial charge in [-0.1, -0.05) is 31.5 Å². The first-order chi connectivity index (χ1) is 9.00. The van der Waals surface area contributed by atoms with Gasteiger partial charge < -0.3 is 10.1 Å². The minimum atomic E-state index is -0.360. The van der Waals surface area contributed by atoms with Crippen LogP contribution in [0.15, 0.2) is 12.1 Å². The second-order valence-electron chi connectivity index (χ2n) is 5.67. The Morgan fingerprint density at radius 3 is 2.16 bits per heavy atom. The van der Waals surface area contributed by atoms with Crippen LogP contribution in [-0.2, 0) is 22.4 Å². The number of carbonyl (C=O) groups is 1. The average Bonchev–Trinajstić information content (AvgIpc) is 2.36. The first kappa shape index (κ1) is 14.1. The van der Waals surface area contributed by atoms with Crippen LogP contribution in [0, 0.1) is 12.3 Å². The van der Waals surface area contributed by atoms with E-state index in [1.54, 1.807) is 0 Å². The van der Waals surface area contributed by atoms with E-state index < -0.39 is 0 Å². The lowest BCUT2D eigenvalue weighted by atomic mass is 9.87. The zero-order valence-corrected chi connectivity index (χ0v) is 12.3. The van der Waals surface area contributed by atoms with Crippen LogP contribution >= 0.6 is 0 Å². The second-order valence-corrected chi connectivity index (χ2v) is 5.67. The minimum absolute atomic E-state index is 0.0759. The van der Waals surface area contributed by atoms with Crippen molar-refractivity contribution in [3.8, 4) is 0 Å². The van der Waals surface area contributed by atoms with E-state index in [2.05, 4.69) is 38.2 Å². The number of carbonyl (C=O) groups excluding carboxylic acids is 1. The highest BCUT2D eigenvalue weighted by Gasteiger charge is 2.41. The van der Waals surface area contributed by atoms with Gasteiger partial charge in [-0.15, -0.1) is 0 Å². The molecule has 104 valence electrons. The van der Waals surface area contributed by atoms with E-state index in [-0.39, 0.29) is 11.3 Å². The molecule has 0 unspecified atom stereocenters. The van der Waals surface area contributed by atoms with E-state index in [0.29, 0.717) is 13.2 Å². The molecule has 0 radical (unpaired) electrons. The topological polar surface area (TPSA) is 38.3 Å². The Bertz CT molecular complexity index is 465. The highest BCUT2D eigenvalue weighted by molar-refractivity contribution is 5.97. The Balaban J connectivity index is 2.30. The highest BCUT2D eigenvalue weighted by Crippen LogP contribution is 2.31. The van der Waals surface area contributed by atoms with Gasteiger partial charge in [-0.05, 0) is 37.8 Å². The molecule has 3 heteroatoms. The van der Waals surface area contributed by atoms with Gasteiger partial charge in [0.1, 0.15) is 0 Å². The van der Waals surface area contributed by atoms with Crippen LogP contribution in [0.1, 0.15) is 37.5 Å². The number of amides is 1. The number of anilines is 1. The van der Waals surface area contributed by atoms with Gasteiger partial charge in [0.15, 0.2) is 0 Å². The smallest absolute Gasteiger partial charge is 0.235 e. The predicted molar refractivity (Wildman–Crippen MR) is 77.5 cm³/mol. The van der Waals surface area contributed by atoms with E-state index in [4.69, 9.17) is 4.74 Å². The predicted octanol–water partition coefficient (Wildman–Crippen LogP) is 3.09. The average molecular weight is 261 g/mol. The standard InChI is InChI=1S/C16H23NO2/c1-5-12-7-11(3)8-13(6-2)14(12)17-15(18)16(4)9-19-10-16/h7-8H,5-6,9-10H2,1-4H3,(H,17,18). The molecule has 0 saturated carbocycles. The molecule has 1 N–H and O–H groups in total. The Morgan fingerprint density at radius 1 is 1.26 bits per heavy atom. The van der Waals surface area contributed by atoms with Gasteiger partial charge in [0.2, 0.25) is 5.91 Å². The van der Waals surface area contributed by atoms with Crippen molar-refractivity contribution >= 4 is 11.6 Å². The molecule has 1 aliphatic heterocycles. The first-order valence-corrected chi connectivity index (χ1v) is 7.01. The van der Waals surface area contributed by atoms with Gasteiger partial charge in [0.05, 0.1) is 18.6 Å². The van der Waals surface area contributed by atoms with Crippen molar-refractivity contribution in [3.63, 3.8) is 0 Å². The van der Waals surface area contributed by atoms with Gasteiger partial charge in [-0.25, -0.2) is 0 Å². The summed E-state index contributed by atoms with van der Waals surface area (Å²) in [4.78, 5) is 12.3. The van der Waals surface area contributed by atoms with Gasteiger partial charge in [-0.3, -0.25) is 4.79 Å². The summed E-state index contributed by atoms with van der Waals surface area (Å²) < 4.78 is 5.17. The number of nitrogens with one attached hydrogen (secondary N) is 1. The van der Waals surface area contributed by atoms with E-state index >= 15 is 0 Å². The second kappa shape index (κ2) is 5.33. The first-order valence-electron chi connectivity index (χ1n) is 7.01. The molecule has 3 nitrogen and oxygen atoms in total. The maximum absolute atomic E-state index is 12.3. The molecule has 1 fully saturated rings. The monoisotopic (exact) mass is 261 g/mol. The van der Waals surface area contributed by atoms with Gasteiger partial charge >= 0.3 is 0 Å². The van der Waals surface area contributed by atoms with Crippen LogP contribution in [0.2, 0.25) is 0 Å².